The van der Waals surface area contributed by atoms with Crippen molar-refractivity contribution in [3.05, 3.63) is 59.8 Å². The third-order valence-electron chi connectivity index (χ3n) is 8.83. The van der Waals surface area contributed by atoms with E-state index in [1.54, 1.807) is 4.90 Å². The first-order valence-corrected chi connectivity index (χ1v) is 14.0. The van der Waals surface area contributed by atoms with E-state index < -0.39 is 0 Å². The summed E-state index contributed by atoms with van der Waals surface area (Å²) in [5, 5.41) is 6.73. The zero-order valence-corrected chi connectivity index (χ0v) is 23.3. The summed E-state index contributed by atoms with van der Waals surface area (Å²) in [7, 11) is 0. The number of cyclic esters (lactones) is 1. The van der Waals surface area contributed by atoms with Gasteiger partial charge in [-0.1, -0.05) is 25.1 Å². The third kappa shape index (κ3) is 4.08. The van der Waals surface area contributed by atoms with E-state index in [-0.39, 0.29) is 29.2 Å². The van der Waals surface area contributed by atoms with Crippen LogP contribution in [0.15, 0.2) is 48.7 Å². The summed E-state index contributed by atoms with van der Waals surface area (Å²) in [4.78, 5) is 31.1. The standard InChI is InChI=1S/C30H35N7O3/c1-18-16-39-28(38)36(18)24-6-5-7-25(34-24)37-23-12-29(2,3)40-17-30(23,4)22-15-32-27(35-26(22)37)33-21-10-8-19(9-11-21)20-13-31-14-20/h5-11,15,18,20,23,31H,12-14,16-17H2,1-4H3,(H,32,33,35)/t18-,23-,30-/m0/s1. The van der Waals surface area contributed by atoms with Crippen molar-refractivity contribution in [2.24, 2.45) is 0 Å². The zero-order valence-electron chi connectivity index (χ0n) is 23.3. The summed E-state index contributed by atoms with van der Waals surface area (Å²) >= 11 is 0. The average Bonchev–Trinajstić information content (AvgIpc) is 3.36. The van der Waals surface area contributed by atoms with Crippen LogP contribution < -0.4 is 20.4 Å². The van der Waals surface area contributed by atoms with Gasteiger partial charge in [-0.25, -0.2) is 14.8 Å². The molecule has 0 aliphatic carbocycles. The molecule has 0 bridgehead atoms. The number of rotatable bonds is 5. The number of hydrogen-bond donors (Lipinski definition) is 2. The lowest BCUT2D eigenvalue weighted by molar-refractivity contribution is -0.0893. The topological polar surface area (TPSA) is 105 Å². The number of hydrogen-bond acceptors (Lipinski definition) is 9. The highest BCUT2D eigenvalue weighted by molar-refractivity contribution is 5.89. The van der Waals surface area contributed by atoms with Crippen LogP contribution in [0.3, 0.4) is 0 Å². The molecule has 0 spiro atoms. The largest absolute Gasteiger partial charge is 0.447 e. The molecule has 40 heavy (non-hydrogen) atoms. The van der Waals surface area contributed by atoms with Crippen LogP contribution in [-0.2, 0) is 14.9 Å². The van der Waals surface area contributed by atoms with Gasteiger partial charge in [0, 0.05) is 41.9 Å². The molecule has 3 atom stereocenters. The Hall–Kier alpha value is -3.76. The Morgan fingerprint density at radius 2 is 1.77 bits per heavy atom. The summed E-state index contributed by atoms with van der Waals surface area (Å²) < 4.78 is 11.6. The predicted molar refractivity (Wildman–Crippen MR) is 153 cm³/mol. The van der Waals surface area contributed by atoms with Crippen LogP contribution in [0, 0.1) is 0 Å². The van der Waals surface area contributed by atoms with E-state index in [9.17, 15) is 4.79 Å². The number of anilines is 5. The molecule has 2 aromatic heterocycles. The molecule has 10 heteroatoms. The molecule has 7 rings (SSSR count). The molecule has 2 N–H and O–H groups in total. The third-order valence-corrected chi connectivity index (χ3v) is 8.83. The maximum Gasteiger partial charge on any atom is 0.415 e. The molecular formula is C30H35N7O3. The Kier molecular flexibility index (Phi) is 5.76. The maximum absolute atomic E-state index is 12.5. The molecule has 208 valence electrons. The number of pyridine rings is 1. The molecule has 3 saturated heterocycles. The number of ether oxygens (including phenoxy) is 2. The van der Waals surface area contributed by atoms with Gasteiger partial charge in [0.2, 0.25) is 5.95 Å². The molecule has 6 heterocycles. The Bertz CT molecular complexity index is 1460. The second kappa shape index (κ2) is 9.14. The quantitative estimate of drug-likeness (QED) is 0.479. The van der Waals surface area contributed by atoms with Gasteiger partial charge in [0.25, 0.3) is 0 Å². The second-order valence-corrected chi connectivity index (χ2v) is 12.2. The highest BCUT2D eigenvalue weighted by Crippen LogP contribution is 2.53. The van der Waals surface area contributed by atoms with Crippen molar-refractivity contribution in [3.8, 4) is 0 Å². The fourth-order valence-corrected chi connectivity index (χ4v) is 6.27. The first-order chi connectivity index (χ1) is 19.2. The number of nitrogens with one attached hydrogen (secondary N) is 2. The predicted octanol–water partition coefficient (Wildman–Crippen LogP) is 4.62. The average molecular weight is 542 g/mol. The van der Waals surface area contributed by atoms with Crippen molar-refractivity contribution in [2.45, 2.75) is 63.1 Å². The number of carbonyl (C=O) groups is 1. The van der Waals surface area contributed by atoms with Crippen LogP contribution in [0.4, 0.5) is 33.9 Å². The van der Waals surface area contributed by atoms with Crippen LogP contribution in [0.5, 0.6) is 0 Å². The molecular weight excluding hydrogens is 506 g/mol. The van der Waals surface area contributed by atoms with Crippen molar-refractivity contribution in [1.82, 2.24) is 20.3 Å². The SMILES string of the molecule is C[C@H]1COC(=O)N1c1cccc(N2c3nc(Nc4ccc(C5CNC5)cc4)ncc3[C@]3(C)COC(C)(C)C[C@H]23)n1. The smallest absolute Gasteiger partial charge is 0.415 e. The van der Waals surface area contributed by atoms with E-state index in [0.717, 1.165) is 42.4 Å². The zero-order chi connectivity index (χ0) is 27.6. The van der Waals surface area contributed by atoms with Crippen LogP contribution in [0.25, 0.3) is 0 Å². The number of amides is 1. The van der Waals surface area contributed by atoms with Crippen molar-refractivity contribution in [1.29, 1.82) is 0 Å². The summed E-state index contributed by atoms with van der Waals surface area (Å²) in [5.41, 5.74) is 2.69. The maximum atomic E-state index is 12.5. The molecule has 0 unspecified atom stereocenters. The summed E-state index contributed by atoms with van der Waals surface area (Å²) in [6, 6.07) is 14.3. The van der Waals surface area contributed by atoms with E-state index in [2.05, 4.69) is 60.6 Å². The molecule has 1 aromatic carbocycles. The van der Waals surface area contributed by atoms with E-state index in [0.29, 0.717) is 30.9 Å². The second-order valence-electron chi connectivity index (χ2n) is 12.2. The lowest BCUT2D eigenvalue weighted by Gasteiger charge is -2.46. The van der Waals surface area contributed by atoms with Crippen LogP contribution in [-0.4, -0.2) is 65.0 Å². The van der Waals surface area contributed by atoms with Crippen LogP contribution >= 0.6 is 0 Å². The minimum Gasteiger partial charge on any atom is -0.447 e. The fraction of sp³-hybridized carbons (Fsp3) is 0.467. The van der Waals surface area contributed by atoms with E-state index >= 15 is 0 Å². The Morgan fingerprint density at radius 3 is 2.45 bits per heavy atom. The number of fused-ring (bicyclic) bond motifs is 3. The Labute approximate surface area is 234 Å². The van der Waals surface area contributed by atoms with Crippen molar-refractivity contribution < 1.29 is 14.3 Å². The number of carbonyl (C=O) groups excluding carboxylic acids is 1. The minimum absolute atomic E-state index is 0.0527. The number of nitrogens with zero attached hydrogens (tertiary/aromatic N) is 5. The van der Waals surface area contributed by atoms with Gasteiger partial charge in [-0.15, -0.1) is 0 Å². The van der Waals surface area contributed by atoms with Gasteiger partial charge < -0.3 is 25.0 Å². The number of benzene rings is 1. The first kappa shape index (κ1) is 25.2. The van der Waals surface area contributed by atoms with E-state index in [1.807, 2.05) is 31.3 Å². The highest BCUT2D eigenvalue weighted by Gasteiger charge is 2.55. The summed E-state index contributed by atoms with van der Waals surface area (Å²) in [6.45, 7) is 11.4. The molecule has 0 saturated carbocycles. The lowest BCUT2D eigenvalue weighted by Crippen LogP contribution is -2.54. The highest BCUT2D eigenvalue weighted by atomic mass is 16.6. The summed E-state index contributed by atoms with van der Waals surface area (Å²) in [6.07, 6.45) is 2.34. The van der Waals surface area contributed by atoms with Gasteiger partial charge >= 0.3 is 6.09 Å². The Morgan fingerprint density at radius 1 is 1.02 bits per heavy atom. The monoisotopic (exact) mass is 541 g/mol. The first-order valence-electron chi connectivity index (χ1n) is 14.0. The van der Waals surface area contributed by atoms with Gasteiger partial charge in [0.15, 0.2) is 0 Å². The molecule has 4 aliphatic rings. The lowest BCUT2D eigenvalue weighted by atomic mass is 9.73. The number of aromatic nitrogens is 3. The van der Waals surface area contributed by atoms with Gasteiger partial charge in [-0.05, 0) is 57.0 Å². The van der Waals surface area contributed by atoms with Crippen LogP contribution in [0.2, 0.25) is 0 Å². The van der Waals surface area contributed by atoms with E-state index in [1.165, 1.54) is 5.56 Å². The van der Waals surface area contributed by atoms with Gasteiger partial charge in [0.05, 0.1) is 24.3 Å². The van der Waals surface area contributed by atoms with Gasteiger partial charge in [-0.3, -0.25) is 4.90 Å². The molecule has 3 aromatic rings. The molecule has 1 amide bonds. The van der Waals surface area contributed by atoms with Crippen molar-refractivity contribution in [2.75, 3.05) is 41.4 Å². The summed E-state index contributed by atoms with van der Waals surface area (Å²) in [5.74, 6) is 3.23. The van der Waals surface area contributed by atoms with E-state index in [4.69, 9.17) is 24.4 Å². The van der Waals surface area contributed by atoms with Gasteiger partial charge in [-0.2, -0.15) is 4.98 Å². The minimum atomic E-state index is -0.371. The Balaban J connectivity index is 1.26. The van der Waals surface area contributed by atoms with Crippen LogP contribution in [0.1, 0.15) is 51.2 Å². The van der Waals surface area contributed by atoms with Crippen molar-refractivity contribution >= 4 is 35.2 Å². The van der Waals surface area contributed by atoms with Gasteiger partial charge in [0.1, 0.15) is 24.1 Å². The molecule has 4 aliphatic heterocycles. The fourth-order valence-electron chi connectivity index (χ4n) is 6.27. The molecule has 0 radical (unpaired) electrons. The van der Waals surface area contributed by atoms with Crippen molar-refractivity contribution in [3.63, 3.8) is 0 Å². The molecule has 10 nitrogen and oxygen atoms in total. The molecule has 3 fully saturated rings. The normalized spacial score (nSPS) is 27.1.